The van der Waals surface area contributed by atoms with Crippen LogP contribution in [0.3, 0.4) is 0 Å². The molecule has 0 aliphatic carbocycles. The molecule has 0 saturated carbocycles. The Bertz CT molecular complexity index is 277. The molecule has 0 aromatic carbocycles. The second kappa shape index (κ2) is 5.31. The van der Waals surface area contributed by atoms with Crippen molar-refractivity contribution in [2.24, 2.45) is 0 Å². The van der Waals surface area contributed by atoms with E-state index < -0.39 is 0 Å². The fourth-order valence-electron chi connectivity index (χ4n) is 0.815. The van der Waals surface area contributed by atoms with Gasteiger partial charge in [-0.25, -0.2) is 0 Å². The Morgan fingerprint density at radius 3 is 3.08 bits per heavy atom. The zero-order chi connectivity index (χ0) is 8.81. The molecule has 0 unspecified atom stereocenters. The second-order valence-electron chi connectivity index (χ2n) is 2.34. The SMILES string of the molecule is N#CCCNCc1csc(Br)c1. The largest absolute Gasteiger partial charge is 0.312 e. The van der Waals surface area contributed by atoms with Gasteiger partial charge in [0.1, 0.15) is 0 Å². The van der Waals surface area contributed by atoms with Crippen LogP contribution in [0.5, 0.6) is 0 Å². The highest BCUT2D eigenvalue weighted by Gasteiger charge is 1.95. The van der Waals surface area contributed by atoms with Crippen LogP contribution >= 0.6 is 27.3 Å². The molecule has 0 amide bonds. The van der Waals surface area contributed by atoms with E-state index in [1.807, 2.05) is 0 Å². The third-order valence-electron chi connectivity index (χ3n) is 1.36. The van der Waals surface area contributed by atoms with Gasteiger partial charge in [0, 0.05) is 19.5 Å². The highest BCUT2D eigenvalue weighted by molar-refractivity contribution is 9.11. The molecule has 1 aromatic rings. The highest BCUT2D eigenvalue weighted by Crippen LogP contribution is 2.20. The molecule has 1 heterocycles. The first-order chi connectivity index (χ1) is 5.83. The summed E-state index contributed by atoms with van der Waals surface area (Å²) in [5, 5.41) is 13.6. The number of nitriles is 1. The fraction of sp³-hybridized carbons (Fsp3) is 0.375. The lowest BCUT2D eigenvalue weighted by molar-refractivity contribution is 0.700. The van der Waals surface area contributed by atoms with Gasteiger partial charge < -0.3 is 5.32 Å². The van der Waals surface area contributed by atoms with Crippen molar-refractivity contribution in [3.05, 3.63) is 20.8 Å². The number of hydrogen-bond acceptors (Lipinski definition) is 3. The zero-order valence-corrected chi connectivity index (χ0v) is 8.91. The molecule has 0 bridgehead atoms. The average Bonchev–Trinajstić information content (AvgIpc) is 2.45. The van der Waals surface area contributed by atoms with Gasteiger partial charge in [0.15, 0.2) is 0 Å². The Kier molecular flexibility index (Phi) is 4.30. The maximum Gasteiger partial charge on any atom is 0.0701 e. The number of rotatable bonds is 4. The van der Waals surface area contributed by atoms with E-state index in [0.717, 1.165) is 16.9 Å². The van der Waals surface area contributed by atoms with Gasteiger partial charge in [-0.15, -0.1) is 11.3 Å². The average molecular weight is 245 g/mol. The van der Waals surface area contributed by atoms with Crippen LogP contribution in [0.15, 0.2) is 15.2 Å². The molecule has 0 aliphatic rings. The minimum absolute atomic E-state index is 0.575. The van der Waals surface area contributed by atoms with Crippen molar-refractivity contribution < 1.29 is 0 Å². The van der Waals surface area contributed by atoms with Crippen LogP contribution in [-0.4, -0.2) is 6.54 Å². The van der Waals surface area contributed by atoms with Crippen LogP contribution in [0.25, 0.3) is 0 Å². The van der Waals surface area contributed by atoms with E-state index in [9.17, 15) is 0 Å². The van der Waals surface area contributed by atoms with Crippen LogP contribution in [0.4, 0.5) is 0 Å². The van der Waals surface area contributed by atoms with E-state index in [2.05, 4.69) is 38.8 Å². The Morgan fingerprint density at radius 1 is 1.67 bits per heavy atom. The molecule has 1 N–H and O–H groups in total. The zero-order valence-electron chi connectivity index (χ0n) is 6.51. The molecule has 4 heteroatoms. The fourth-order valence-corrected chi connectivity index (χ4v) is 2.02. The highest BCUT2D eigenvalue weighted by atomic mass is 79.9. The summed E-state index contributed by atoms with van der Waals surface area (Å²) < 4.78 is 1.15. The lowest BCUT2D eigenvalue weighted by Gasteiger charge is -1.97. The van der Waals surface area contributed by atoms with Gasteiger partial charge >= 0.3 is 0 Å². The van der Waals surface area contributed by atoms with Crippen molar-refractivity contribution in [3.63, 3.8) is 0 Å². The quantitative estimate of drug-likeness (QED) is 0.827. The number of thiophene rings is 1. The minimum atomic E-state index is 0.575. The number of halogens is 1. The normalized spacial score (nSPS) is 9.67. The van der Waals surface area contributed by atoms with Gasteiger partial charge in [0.05, 0.1) is 9.86 Å². The van der Waals surface area contributed by atoms with Crippen LogP contribution in [0.2, 0.25) is 0 Å². The smallest absolute Gasteiger partial charge is 0.0701 e. The molecule has 0 radical (unpaired) electrons. The van der Waals surface area contributed by atoms with Gasteiger partial charge in [-0.2, -0.15) is 5.26 Å². The van der Waals surface area contributed by atoms with Gasteiger partial charge in [-0.1, -0.05) is 0 Å². The summed E-state index contributed by atoms with van der Waals surface area (Å²) in [5.74, 6) is 0. The molecule has 2 nitrogen and oxygen atoms in total. The summed E-state index contributed by atoms with van der Waals surface area (Å²) in [5.41, 5.74) is 1.27. The molecule has 0 aliphatic heterocycles. The second-order valence-corrected chi connectivity index (χ2v) is 4.63. The van der Waals surface area contributed by atoms with Crippen molar-refractivity contribution in [3.8, 4) is 6.07 Å². The van der Waals surface area contributed by atoms with Crippen molar-refractivity contribution in [1.82, 2.24) is 5.32 Å². The molecular formula is C8H9BrN2S. The van der Waals surface area contributed by atoms with E-state index in [1.54, 1.807) is 11.3 Å². The first-order valence-electron chi connectivity index (χ1n) is 3.63. The molecule has 12 heavy (non-hydrogen) atoms. The Hall–Kier alpha value is -0.370. The van der Waals surface area contributed by atoms with Gasteiger partial charge in [-0.05, 0) is 32.9 Å². The minimum Gasteiger partial charge on any atom is -0.312 e. The molecule has 64 valence electrons. The first kappa shape index (κ1) is 9.72. The Labute approximate surface area is 84.3 Å². The van der Waals surface area contributed by atoms with E-state index in [1.165, 1.54) is 5.56 Å². The number of nitrogens with one attached hydrogen (secondary N) is 1. The van der Waals surface area contributed by atoms with E-state index in [-0.39, 0.29) is 0 Å². The molecule has 0 fully saturated rings. The third-order valence-corrected chi connectivity index (χ3v) is 2.92. The van der Waals surface area contributed by atoms with Crippen LogP contribution in [-0.2, 0) is 6.54 Å². The van der Waals surface area contributed by atoms with Gasteiger partial charge in [-0.3, -0.25) is 0 Å². The summed E-state index contributed by atoms with van der Waals surface area (Å²) in [6, 6.07) is 4.18. The molecule has 1 aromatic heterocycles. The maximum absolute atomic E-state index is 8.27. The number of hydrogen-bond donors (Lipinski definition) is 1. The lowest BCUT2D eigenvalue weighted by atomic mass is 10.3. The van der Waals surface area contributed by atoms with E-state index in [0.29, 0.717) is 6.42 Å². The van der Waals surface area contributed by atoms with Crippen molar-refractivity contribution in [2.75, 3.05) is 6.54 Å². The lowest BCUT2D eigenvalue weighted by Crippen LogP contribution is -2.13. The van der Waals surface area contributed by atoms with E-state index in [4.69, 9.17) is 5.26 Å². The summed E-state index contributed by atoms with van der Waals surface area (Å²) in [6.45, 7) is 1.62. The maximum atomic E-state index is 8.27. The summed E-state index contributed by atoms with van der Waals surface area (Å²) in [6.07, 6.45) is 0.575. The summed E-state index contributed by atoms with van der Waals surface area (Å²) >= 11 is 5.07. The van der Waals surface area contributed by atoms with Crippen molar-refractivity contribution >= 4 is 27.3 Å². The summed E-state index contributed by atoms with van der Waals surface area (Å²) in [7, 11) is 0. The predicted octanol–water partition coefficient (Wildman–Crippen LogP) is 2.51. The summed E-state index contributed by atoms with van der Waals surface area (Å²) in [4.78, 5) is 0. The van der Waals surface area contributed by atoms with Gasteiger partial charge in [0.25, 0.3) is 0 Å². The van der Waals surface area contributed by atoms with Crippen molar-refractivity contribution in [1.29, 1.82) is 5.26 Å². The molecular weight excluding hydrogens is 236 g/mol. The van der Waals surface area contributed by atoms with Crippen LogP contribution in [0, 0.1) is 11.3 Å². The third kappa shape index (κ3) is 3.35. The van der Waals surface area contributed by atoms with Crippen molar-refractivity contribution in [2.45, 2.75) is 13.0 Å². The van der Waals surface area contributed by atoms with Crippen LogP contribution in [0.1, 0.15) is 12.0 Å². The molecule has 0 atom stereocenters. The van der Waals surface area contributed by atoms with Crippen LogP contribution < -0.4 is 5.32 Å². The number of nitrogens with zero attached hydrogens (tertiary/aromatic N) is 1. The standard InChI is InChI=1S/C8H9BrN2S/c9-8-4-7(6-12-8)5-11-3-1-2-10/h4,6,11H,1,3,5H2. The predicted molar refractivity (Wildman–Crippen MR) is 54.0 cm³/mol. The van der Waals surface area contributed by atoms with Gasteiger partial charge in [0.2, 0.25) is 0 Å². The topological polar surface area (TPSA) is 35.8 Å². The Morgan fingerprint density at radius 2 is 2.50 bits per heavy atom. The van der Waals surface area contributed by atoms with E-state index >= 15 is 0 Å². The molecule has 0 spiro atoms. The molecule has 0 saturated heterocycles. The monoisotopic (exact) mass is 244 g/mol. The first-order valence-corrected chi connectivity index (χ1v) is 5.31. The Balaban J connectivity index is 2.21. The molecule has 1 rings (SSSR count).